The van der Waals surface area contributed by atoms with Crippen molar-refractivity contribution in [3.05, 3.63) is 0 Å². The molecule has 0 fully saturated rings. The molecule has 0 aromatic heterocycles. The second kappa shape index (κ2) is 5.64. The van der Waals surface area contributed by atoms with Crippen molar-refractivity contribution in [3.8, 4) is 0 Å². The van der Waals surface area contributed by atoms with Gasteiger partial charge in [-0.1, -0.05) is 0 Å². The highest BCUT2D eigenvalue weighted by atomic mass is 16.6. The fourth-order valence-electron chi connectivity index (χ4n) is 1.40. The van der Waals surface area contributed by atoms with Gasteiger partial charge in [0.25, 0.3) is 0 Å². The molecule has 0 aliphatic rings. The topological polar surface area (TPSA) is 58.6 Å². The van der Waals surface area contributed by atoms with Crippen LogP contribution >= 0.6 is 0 Å². The van der Waals surface area contributed by atoms with Gasteiger partial charge >= 0.3 is 5.97 Å². The standard InChI is InChI=1S/C12H25NO3/c1-9(13-12(5,6)8-14)7-10(15)16-11(2,3)4/h9,13-14H,7-8H2,1-6H3. The SMILES string of the molecule is CC(CC(=O)OC(C)(C)C)NC(C)(C)CO. The van der Waals surface area contributed by atoms with Gasteiger partial charge in [-0.2, -0.15) is 0 Å². The molecule has 0 heterocycles. The molecular weight excluding hydrogens is 206 g/mol. The summed E-state index contributed by atoms with van der Waals surface area (Å²) in [6.45, 7) is 11.3. The number of aliphatic hydroxyl groups is 1. The molecule has 0 saturated carbocycles. The fraction of sp³-hybridized carbons (Fsp3) is 0.917. The van der Waals surface area contributed by atoms with Crippen LogP contribution in [0.3, 0.4) is 0 Å². The van der Waals surface area contributed by atoms with Crippen molar-refractivity contribution in [1.29, 1.82) is 0 Å². The van der Waals surface area contributed by atoms with E-state index in [0.717, 1.165) is 0 Å². The van der Waals surface area contributed by atoms with Gasteiger partial charge in [0.05, 0.1) is 13.0 Å². The predicted octanol–water partition coefficient (Wildman–Crippen LogP) is 1.47. The highest BCUT2D eigenvalue weighted by molar-refractivity contribution is 5.70. The molecule has 96 valence electrons. The van der Waals surface area contributed by atoms with Gasteiger partial charge in [-0.3, -0.25) is 4.79 Å². The molecule has 0 aromatic rings. The van der Waals surface area contributed by atoms with Crippen molar-refractivity contribution in [2.24, 2.45) is 0 Å². The lowest BCUT2D eigenvalue weighted by atomic mass is 10.0. The predicted molar refractivity (Wildman–Crippen MR) is 64.2 cm³/mol. The highest BCUT2D eigenvalue weighted by Gasteiger charge is 2.22. The minimum atomic E-state index is -0.441. The van der Waals surface area contributed by atoms with Crippen LogP contribution in [0, 0.1) is 0 Å². The molecule has 0 aliphatic carbocycles. The Bertz CT molecular complexity index is 231. The van der Waals surface area contributed by atoms with E-state index in [4.69, 9.17) is 9.84 Å². The third-order valence-corrected chi connectivity index (χ3v) is 1.93. The number of carbonyl (C=O) groups is 1. The molecular formula is C12H25NO3. The monoisotopic (exact) mass is 231 g/mol. The third-order valence-electron chi connectivity index (χ3n) is 1.93. The Kier molecular flexibility index (Phi) is 5.42. The number of carbonyl (C=O) groups excluding carboxylic acids is 1. The summed E-state index contributed by atoms with van der Waals surface area (Å²) in [4.78, 5) is 11.5. The molecule has 4 heteroatoms. The van der Waals surface area contributed by atoms with Crippen LogP contribution in [0.2, 0.25) is 0 Å². The number of rotatable bonds is 5. The second-order valence-electron chi connectivity index (χ2n) is 5.88. The van der Waals surface area contributed by atoms with E-state index in [1.54, 1.807) is 0 Å². The van der Waals surface area contributed by atoms with E-state index in [9.17, 15) is 4.79 Å². The molecule has 0 aliphatic heterocycles. The molecule has 0 aromatic carbocycles. The van der Waals surface area contributed by atoms with Gasteiger partial charge in [0.1, 0.15) is 5.60 Å². The van der Waals surface area contributed by atoms with Gasteiger partial charge in [0, 0.05) is 11.6 Å². The molecule has 2 N–H and O–H groups in total. The van der Waals surface area contributed by atoms with Gasteiger partial charge < -0.3 is 15.2 Å². The number of hydrogen-bond acceptors (Lipinski definition) is 4. The van der Waals surface area contributed by atoms with Crippen molar-refractivity contribution < 1.29 is 14.6 Å². The van der Waals surface area contributed by atoms with E-state index >= 15 is 0 Å². The van der Waals surface area contributed by atoms with Crippen LogP contribution in [0.25, 0.3) is 0 Å². The van der Waals surface area contributed by atoms with E-state index in [2.05, 4.69) is 5.32 Å². The average molecular weight is 231 g/mol. The van der Waals surface area contributed by atoms with Crippen LogP contribution in [0.1, 0.15) is 48.0 Å². The number of aliphatic hydroxyl groups excluding tert-OH is 1. The summed E-state index contributed by atoms with van der Waals surface area (Å²) in [6, 6.07) is -0.0167. The van der Waals surface area contributed by atoms with Crippen LogP contribution in [0.5, 0.6) is 0 Å². The first kappa shape index (κ1) is 15.4. The lowest BCUT2D eigenvalue weighted by Crippen LogP contribution is -2.48. The maximum atomic E-state index is 11.5. The van der Waals surface area contributed by atoms with Crippen LogP contribution in [-0.4, -0.2) is 34.9 Å². The van der Waals surface area contributed by atoms with E-state index in [0.29, 0.717) is 6.42 Å². The van der Waals surface area contributed by atoms with Crippen molar-refractivity contribution in [2.45, 2.75) is 65.1 Å². The summed E-state index contributed by atoms with van der Waals surface area (Å²) >= 11 is 0. The van der Waals surface area contributed by atoms with E-state index in [1.165, 1.54) is 0 Å². The molecule has 0 amide bonds. The minimum absolute atomic E-state index is 0.0167. The number of esters is 1. The zero-order chi connectivity index (χ0) is 13.0. The van der Waals surface area contributed by atoms with Gasteiger partial charge in [-0.15, -0.1) is 0 Å². The molecule has 16 heavy (non-hydrogen) atoms. The zero-order valence-corrected chi connectivity index (χ0v) is 11.3. The Labute approximate surface area is 98.4 Å². The van der Waals surface area contributed by atoms with Crippen LogP contribution in [-0.2, 0) is 9.53 Å². The summed E-state index contributed by atoms with van der Waals surface area (Å²) < 4.78 is 5.22. The summed E-state index contributed by atoms with van der Waals surface area (Å²) in [5.74, 6) is -0.221. The Morgan fingerprint density at radius 1 is 1.31 bits per heavy atom. The van der Waals surface area contributed by atoms with Crippen LogP contribution in [0.4, 0.5) is 0 Å². The Morgan fingerprint density at radius 2 is 1.81 bits per heavy atom. The molecule has 1 atom stereocenters. The Morgan fingerprint density at radius 3 is 2.19 bits per heavy atom. The first-order valence-corrected chi connectivity index (χ1v) is 5.66. The maximum Gasteiger partial charge on any atom is 0.307 e. The van der Waals surface area contributed by atoms with Crippen molar-refractivity contribution in [2.75, 3.05) is 6.61 Å². The van der Waals surface area contributed by atoms with E-state index in [-0.39, 0.29) is 24.2 Å². The molecule has 0 rings (SSSR count). The molecule has 0 bridgehead atoms. The van der Waals surface area contributed by atoms with Crippen LogP contribution in [0.15, 0.2) is 0 Å². The lowest BCUT2D eigenvalue weighted by Gasteiger charge is -2.28. The second-order valence-corrected chi connectivity index (χ2v) is 5.88. The minimum Gasteiger partial charge on any atom is -0.460 e. The Balaban J connectivity index is 4.06. The van der Waals surface area contributed by atoms with E-state index in [1.807, 2.05) is 41.5 Å². The molecule has 0 spiro atoms. The summed E-state index contributed by atoms with van der Waals surface area (Å²) in [6.07, 6.45) is 0.306. The first-order valence-electron chi connectivity index (χ1n) is 5.66. The number of hydrogen-bond donors (Lipinski definition) is 2. The lowest BCUT2D eigenvalue weighted by molar-refractivity contribution is -0.155. The Hall–Kier alpha value is -0.610. The van der Waals surface area contributed by atoms with Crippen LogP contribution < -0.4 is 5.32 Å². The third kappa shape index (κ3) is 7.65. The largest absolute Gasteiger partial charge is 0.460 e. The molecule has 1 unspecified atom stereocenters. The molecule has 0 saturated heterocycles. The van der Waals surface area contributed by atoms with Gasteiger partial charge in [0.2, 0.25) is 0 Å². The average Bonchev–Trinajstić information content (AvgIpc) is 1.98. The fourth-order valence-corrected chi connectivity index (χ4v) is 1.40. The smallest absolute Gasteiger partial charge is 0.307 e. The van der Waals surface area contributed by atoms with Crippen molar-refractivity contribution in [1.82, 2.24) is 5.32 Å². The van der Waals surface area contributed by atoms with Crippen molar-refractivity contribution >= 4 is 5.97 Å². The quantitative estimate of drug-likeness (QED) is 0.703. The zero-order valence-electron chi connectivity index (χ0n) is 11.3. The van der Waals surface area contributed by atoms with E-state index < -0.39 is 5.60 Å². The molecule has 4 nitrogen and oxygen atoms in total. The highest BCUT2D eigenvalue weighted by Crippen LogP contribution is 2.10. The van der Waals surface area contributed by atoms with Crippen molar-refractivity contribution in [3.63, 3.8) is 0 Å². The normalized spacial score (nSPS) is 14.7. The number of nitrogens with one attached hydrogen (secondary N) is 1. The first-order chi connectivity index (χ1) is 7.06. The van der Waals surface area contributed by atoms with Gasteiger partial charge in [-0.25, -0.2) is 0 Å². The van der Waals surface area contributed by atoms with Gasteiger partial charge in [-0.05, 0) is 41.5 Å². The molecule has 0 radical (unpaired) electrons. The summed E-state index contributed by atoms with van der Waals surface area (Å²) in [5.41, 5.74) is -0.815. The summed E-state index contributed by atoms with van der Waals surface area (Å²) in [7, 11) is 0. The van der Waals surface area contributed by atoms with Gasteiger partial charge in [0.15, 0.2) is 0 Å². The maximum absolute atomic E-state index is 11.5. The summed E-state index contributed by atoms with van der Waals surface area (Å²) in [5, 5.41) is 12.3. The number of ether oxygens (including phenoxy) is 1.